The zero-order valence-electron chi connectivity index (χ0n) is 14.0. The third kappa shape index (κ3) is 3.81. The van der Waals surface area contributed by atoms with Crippen LogP contribution in [0.25, 0.3) is 10.2 Å². The van der Waals surface area contributed by atoms with Gasteiger partial charge >= 0.3 is 0 Å². The number of rotatable bonds is 4. The maximum absolute atomic E-state index is 5.87. The summed E-state index contributed by atoms with van der Waals surface area (Å²) in [4.78, 5) is 9.51. The molecular formula is C19H21BrN4S. The molecule has 2 N–H and O–H groups in total. The third-order valence-electron chi connectivity index (χ3n) is 4.78. The van der Waals surface area contributed by atoms with Crippen LogP contribution >= 0.6 is 27.3 Å². The van der Waals surface area contributed by atoms with Gasteiger partial charge in [0.2, 0.25) is 0 Å². The summed E-state index contributed by atoms with van der Waals surface area (Å²) in [5, 5.41) is 0.658. The zero-order chi connectivity index (χ0) is 17.2. The number of hydrogen-bond acceptors (Lipinski definition) is 5. The zero-order valence-corrected chi connectivity index (χ0v) is 16.4. The number of benzene rings is 2. The van der Waals surface area contributed by atoms with Gasteiger partial charge in [-0.3, -0.25) is 4.90 Å². The summed E-state index contributed by atoms with van der Waals surface area (Å²) >= 11 is 5.07. The first-order chi connectivity index (χ1) is 12.2. The second-order valence-electron chi connectivity index (χ2n) is 6.37. The second kappa shape index (κ2) is 7.32. The molecule has 4 nitrogen and oxygen atoms in total. The molecule has 1 aliphatic heterocycles. The van der Waals surface area contributed by atoms with Gasteiger partial charge in [-0.2, -0.15) is 0 Å². The lowest BCUT2D eigenvalue weighted by atomic mass is 10.1. The van der Waals surface area contributed by atoms with Crippen LogP contribution in [0.3, 0.4) is 0 Å². The number of fused-ring (bicyclic) bond motifs is 1. The molecule has 0 bridgehead atoms. The Morgan fingerprint density at radius 3 is 2.56 bits per heavy atom. The number of aromatic nitrogens is 1. The number of piperazine rings is 1. The summed E-state index contributed by atoms with van der Waals surface area (Å²) in [6.45, 7) is 5.44. The summed E-state index contributed by atoms with van der Waals surface area (Å²) in [5.41, 5.74) is 9.57. The number of nitrogens with zero attached hydrogens (tertiary/aromatic N) is 3. The normalized spacial score (nSPS) is 15.8. The van der Waals surface area contributed by atoms with Crippen LogP contribution in [-0.2, 0) is 6.42 Å². The van der Waals surface area contributed by atoms with E-state index in [1.807, 2.05) is 0 Å². The number of para-hydroxylation sites is 1. The molecule has 1 fully saturated rings. The third-order valence-corrected chi connectivity index (χ3v) is 6.16. The topological polar surface area (TPSA) is 45.4 Å². The first kappa shape index (κ1) is 16.8. The van der Waals surface area contributed by atoms with E-state index in [-0.39, 0.29) is 0 Å². The van der Waals surface area contributed by atoms with Crippen molar-refractivity contribution in [3.8, 4) is 0 Å². The SMILES string of the molecule is Nc1nc2c(CCN3CCN(c4ccc(Br)cc4)CC3)cccc2s1. The maximum atomic E-state index is 5.87. The number of nitrogen functional groups attached to an aromatic ring is 1. The van der Waals surface area contributed by atoms with Crippen molar-refractivity contribution < 1.29 is 0 Å². The molecule has 130 valence electrons. The van der Waals surface area contributed by atoms with Crippen molar-refractivity contribution in [3.63, 3.8) is 0 Å². The molecule has 1 aliphatic rings. The fraction of sp³-hybridized carbons (Fsp3) is 0.316. The van der Waals surface area contributed by atoms with Crippen LogP contribution in [0.5, 0.6) is 0 Å². The van der Waals surface area contributed by atoms with Crippen LogP contribution in [0.15, 0.2) is 46.9 Å². The van der Waals surface area contributed by atoms with Gasteiger partial charge < -0.3 is 10.6 Å². The van der Waals surface area contributed by atoms with E-state index in [1.165, 1.54) is 16.0 Å². The summed E-state index contributed by atoms with van der Waals surface area (Å²) in [6, 6.07) is 15.0. The Morgan fingerprint density at radius 1 is 1.04 bits per heavy atom. The minimum atomic E-state index is 0.658. The smallest absolute Gasteiger partial charge is 0.181 e. The van der Waals surface area contributed by atoms with Gasteiger partial charge in [-0.15, -0.1) is 0 Å². The lowest BCUT2D eigenvalue weighted by molar-refractivity contribution is 0.261. The van der Waals surface area contributed by atoms with Crippen LogP contribution in [0.4, 0.5) is 10.8 Å². The standard InChI is InChI=1S/C19H21BrN4S/c20-15-4-6-16(7-5-15)24-12-10-23(11-13-24)9-8-14-2-1-3-17-18(14)22-19(21)25-17/h1-7H,8-13H2,(H2,21,22). The van der Waals surface area contributed by atoms with Crippen molar-refractivity contribution in [2.75, 3.05) is 43.4 Å². The highest BCUT2D eigenvalue weighted by atomic mass is 79.9. The van der Waals surface area contributed by atoms with Crippen molar-refractivity contribution in [1.82, 2.24) is 9.88 Å². The Kier molecular flexibility index (Phi) is 4.92. The van der Waals surface area contributed by atoms with Gasteiger partial charge in [-0.05, 0) is 42.3 Å². The predicted molar refractivity (Wildman–Crippen MR) is 111 cm³/mol. The first-order valence-electron chi connectivity index (χ1n) is 8.56. The fourth-order valence-electron chi connectivity index (χ4n) is 3.38. The molecule has 0 spiro atoms. The Labute approximate surface area is 160 Å². The van der Waals surface area contributed by atoms with E-state index < -0.39 is 0 Å². The van der Waals surface area contributed by atoms with Crippen LogP contribution in [0.1, 0.15) is 5.56 Å². The highest BCUT2D eigenvalue weighted by Crippen LogP contribution is 2.27. The molecule has 2 aromatic carbocycles. The Hall–Kier alpha value is -1.63. The Balaban J connectivity index is 1.35. The number of hydrogen-bond donors (Lipinski definition) is 1. The maximum Gasteiger partial charge on any atom is 0.181 e. The lowest BCUT2D eigenvalue weighted by Gasteiger charge is -2.36. The van der Waals surface area contributed by atoms with E-state index in [0.29, 0.717) is 5.13 Å². The van der Waals surface area contributed by atoms with Crippen LogP contribution in [0, 0.1) is 0 Å². The lowest BCUT2D eigenvalue weighted by Crippen LogP contribution is -2.47. The van der Waals surface area contributed by atoms with E-state index in [0.717, 1.165) is 49.1 Å². The summed E-state index contributed by atoms with van der Waals surface area (Å²) in [6.07, 6.45) is 1.03. The van der Waals surface area contributed by atoms with Gasteiger partial charge in [0.1, 0.15) is 0 Å². The van der Waals surface area contributed by atoms with Crippen molar-refractivity contribution in [2.24, 2.45) is 0 Å². The number of nitrogens with two attached hydrogens (primary N) is 1. The van der Waals surface area contributed by atoms with Crippen molar-refractivity contribution >= 4 is 48.3 Å². The van der Waals surface area contributed by atoms with Crippen LogP contribution in [-0.4, -0.2) is 42.6 Å². The number of anilines is 2. The monoisotopic (exact) mass is 416 g/mol. The molecule has 1 saturated heterocycles. The number of halogens is 1. The van der Waals surface area contributed by atoms with E-state index in [1.54, 1.807) is 11.3 Å². The Bertz CT molecular complexity index is 853. The van der Waals surface area contributed by atoms with Gasteiger partial charge in [0.25, 0.3) is 0 Å². The average Bonchev–Trinajstić information content (AvgIpc) is 3.02. The largest absolute Gasteiger partial charge is 0.375 e. The van der Waals surface area contributed by atoms with Crippen molar-refractivity contribution in [3.05, 3.63) is 52.5 Å². The number of thiazole rings is 1. The van der Waals surface area contributed by atoms with E-state index >= 15 is 0 Å². The second-order valence-corrected chi connectivity index (χ2v) is 8.35. The van der Waals surface area contributed by atoms with Gasteiger partial charge in [0.05, 0.1) is 10.2 Å². The molecule has 0 radical (unpaired) electrons. The van der Waals surface area contributed by atoms with Crippen LogP contribution < -0.4 is 10.6 Å². The molecule has 25 heavy (non-hydrogen) atoms. The molecule has 4 rings (SSSR count). The molecular weight excluding hydrogens is 396 g/mol. The quantitative estimate of drug-likeness (QED) is 0.697. The summed E-state index contributed by atoms with van der Waals surface area (Å²) in [7, 11) is 0. The molecule has 0 aliphatic carbocycles. The van der Waals surface area contributed by atoms with E-state index in [9.17, 15) is 0 Å². The van der Waals surface area contributed by atoms with Gasteiger partial charge in [0.15, 0.2) is 5.13 Å². The molecule has 3 aromatic rings. The molecule has 0 unspecified atom stereocenters. The highest BCUT2D eigenvalue weighted by molar-refractivity contribution is 9.10. The van der Waals surface area contributed by atoms with Crippen LogP contribution in [0.2, 0.25) is 0 Å². The molecule has 1 aromatic heterocycles. The predicted octanol–water partition coefficient (Wildman–Crippen LogP) is 4.01. The van der Waals surface area contributed by atoms with Gasteiger partial charge in [-0.1, -0.05) is 39.4 Å². The van der Waals surface area contributed by atoms with Crippen molar-refractivity contribution in [2.45, 2.75) is 6.42 Å². The summed E-state index contributed by atoms with van der Waals surface area (Å²) < 4.78 is 2.32. The van der Waals surface area contributed by atoms with E-state index in [4.69, 9.17) is 5.73 Å². The first-order valence-corrected chi connectivity index (χ1v) is 10.2. The van der Waals surface area contributed by atoms with E-state index in [2.05, 4.69) is 73.2 Å². The Morgan fingerprint density at radius 2 is 1.80 bits per heavy atom. The molecule has 0 atom stereocenters. The van der Waals surface area contributed by atoms with Gasteiger partial charge in [0, 0.05) is 42.9 Å². The highest BCUT2D eigenvalue weighted by Gasteiger charge is 2.17. The molecule has 6 heteroatoms. The minimum absolute atomic E-state index is 0.658. The van der Waals surface area contributed by atoms with Gasteiger partial charge in [-0.25, -0.2) is 4.98 Å². The average molecular weight is 417 g/mol. The molecule has 2 heterocycles. The van der Waals surface area contributed by atoms with Crippen molar-refractivity contribution in [1.29, 1.82) is 0 Å². The minimum Gasteiger partial charge on any atom is -0.375 e. The molecule has 0 amide bonds. The molecule has 0 saturated carbocycles. The summed E-state index contributed by atoms with van der Waals surface area (Å²) in [5.74, 6) is 0. The fourth-order valence-corrected chi connectivity index (χ4v) is 4.43.